The molecule has 0 saturated heterocycles. The number of imidazole rings is 1. The average Bonchev–Trinajstić information content (AvgIpc) is 3.43. The number of aryl methyl sites for hydroxylation is 1. The van der Waals surface area contributed by atoms with Crippen molar-refractivity contribution in [2.75, 3.05) is 34.9 Å². The lowest BCUT2D eigenvalue weighted by Gasteiger charge is -2.36. The molecule has 2 atom stereocenters. The van der Waals surface area contributed by atoms with E-state index in [0.717, 1.165) is 22.8 Å². The molecule has 15 nitrogen and oxygen atoms in total. The van der Waals surface area contributed by atoms with Gasteiger partial charge in [-0.15, -0.1) is 0 Å². The molecule has 15 heteroatoms. The van der Waals surface area contributed by atoms with Crippen LogP contribution in [0.5, 0.6) is 28.7 Å². The summed E-state index contributed by atoms with van der Waals surface area (Å²) in [5, 5.41) is 10.7. The highest BCUT2D eigenvalue weighted by atomic mass is 16.5. The zero-order valence-corrected chi connectivity index (χ0v) is 31.9. The van der Waals surface area contributed by atoms with E-state index in [4.69, 9.17) is 28.9 Å². The molecule has 8 rings (SSSR count). The first-order valence-electron chi connectivity index (χ1n) is 18.1. The summed E-state index contributed by atoms with van der Waals surface area (Å²) >= 11 is 0. The Hall–Kier alpha value is -6.64. The van der Waals surface area contributed by atoms with Gasteiger partial charge in [-0.1, -0.05) is 0 Å². The van der Waals surface area contributed by atoms with Gasteiger partial charge in [-0.2, -0.15) is 0 Å². The van der Waals surface area contributed by atoms with Crippen molar-refractivity contribution >= 4 is 42.3 Å². The van der Waals surface area contributed by atoms with E-state index in [9.17, 15) is 14.7 Å². The molecule has 4 aromatic rings. The van der Waals surface area contributed by atoms with E-state index in [1.54, 1.807) is 65.0 Å². The zero-order chi connectivity index (χ0) is 39.2. The van der Waals surface area contributed by atoms with E-state index in [1.807, 2.05) is 36.7 Å². The van der Waals surface area contributed by atoms with E-state index in [0.29, 0.717) is 82.6 Å². The number of aliphatic imine (C=N–C) groups is 3. The van der Waals surface area contributed by atoms with E-state index in [-0.39, 0.29) is 42.9 Å². The molecule has 0 aliphatic carbocycles. The lowest BCUT2D eigenvalue weighted by molar-refractivity contribution is 0.0697. The van der Waals surface area contributed by atoms with Gasteiger partial charge < -0.3 is 43.3 Å². The van der Waals surface area contributed by atoms with Crippen molar-refractivity contribution in [1.29, 1.82) is 0 Å². The van der Waals surface area contributed by atoms with Crippen molar-refractivity contribution in [3.63, 3.8) is 0 Å². The van der Waals surface area contributed by atoms with Crippen LogP contribution in [0.25, 0.3) is 0 Å². The van der Waals surface area contributed by atoms with E-state index in [2.05, 4.69) is 16.7 Å². The predicted octanol–water partition coefficient (Wildman–Crippen LogP) is 4.99. The van der Waals surface area contributed by atoms with E-state index >= 15 is 0 Å². The van der Waals surface area contributed by atoms with Crippen LogP contribution in [0.1, 0.15) is 49.7 Å². The molecule has 2 amide bonds. The molecule has 288 valence electrons. The second kappa shape index (κ2) is 14.5. The second-order valence-corrected chi connectivity index (χ2v) is 14.3. The second-order valence-electron chi connectivity index (χ2n) is 14.3. The summed E-state index contributed by atoms with van der Waals surface area (Å²) < 4.78 is 25.7. The SMILES string of the molecule is C=NC1=C(N(C)C)C[C@H]2C=Nc3cc(OCc4cc(O)cc(COc5cc6c(cc5OC)C(=O)N5Cc7ncn(C)c7C[C@H]5C=N6)c4)c(OC)cc3C(=O)N2C1. The molecule has 4 aliphatic rings. The zero-order valence-electron chi connectivity index (χ0n) is 31.9. The van der Waals surface area contributed by atoms with Crippen LogP contribution in [0.4, 0.5) is 11.4 Å². The third kappa shape index (κ3) is 6.58. The smallest absolute Gasteiger partial charge is 0.257 e. The third-order valence-corrected chi connectivity index (χ3v) is 10.6. The molecule has 3 aromatic carbocycles. The first kappa shape index (κ1) is 36.3. The minimum absolute atomic E-state index is 0.0285. The van der Waals surface area contributed by atoms with Gasteiger partial charge >= 0.3 is 0 Å². The molecule has 4 aliphatic heterocycles. The number of phenolic OH excluding ortho intramolecular Hbond substituents is 1. The van der Waals surface area contributed by atoms with Gasteiger partial charge in [0.2, 0.25) is 0 Å². The number of fused-ring (bicyclic) bond motifs is 5. The molecule has 1 N–H and O–H groups in total. The molecule has 5 heterocycles. The lowest BCUT2D eigenvalue weighted by Crippen LogP contribution is -2.46. The fourth-order valence-electron chi connectivity index (χ4n) is 7.65. The number of aromatic nitrogens is 2. The number of carbonyl (C=O) groups excluding carboxylic acids is 2. The lowest BCUT2D eigenvalue weighted by atomic mass is 10.0. The Morgan fingerprint density at radius 2 is 1.36 bits per heavy atom. The van der Waals surface area contributed by atoms with Gasteiger partial charge in [-0.25, -0.2) is 4.98 Å². The number of benzene rings is 3. The summed E-state index contributed by atoms with van der Waals surface area (Å²) in [4.78, 5) is 51.2. The minimum atomic E-state index is -0.249. The number of aromatic hydroxyl groups is 1. The van der Waals surface area contributed by atoms with Gasteiger partial charge in [0.1, 0.15) is 19.0 Å². The Labute approximate surface area is 323 Å². The van der Waals surface area contributed by atoms with Crippen LogP contribution < -0.4 is 18.9 Å². The van der Waals surface area contributed by atoms with Crippen LogP contribution >= 0.6 is 0 Å². The number of amides is 2. The number of carbonyl (C=O) groups is 2. The van der Waals surface area contributed by atoms with Crippen LogP contribution in [-0.2, 0) is 33.2 Å². The monoisotopic (exact) mass is 758 g/mol. The summed E-state index contributed by atoms with van der Waals surface area (Å²) in [5.74, 6) is 1.22. The Balaban J connectivity index is 0.982. The molecule has 0 fully saturated rings. The van der Waals surface area contributed by atoms with E-state index < -0.39 is 0 Å². The van der Waals surface area contributed by atoms with Crippen LogP contribution in [-0.4, -0.2) is 107 Å². The molecule has 0 radical (unpaired) electrons. The maximum Gasteiger partial charge on any atom is 0.257 e. The van der Waals surface area contributed by atoms with E-state index in [1.165, 1.54) is 14.2 Å². The molecule has 56 heavy (non-hydrogen) atoms. The summed E-state index contributed by atoms with van der Waals surface area (Å²) in [6.45, 7) is 4.58. The summed E-state index contributed by atoms with van der Waals surface area (Å²) in [5.41, 5.74) is 6.81. The highest BCUT2D eigenvalue weighted by Gasteiger charge is 2.36. The standard InChI is InChI=1S/C41H42N8O7/c1-42-32-18-48-25(10-34(32)46(2)3)16-43-30-14-38(36(53-5)12-28(30)40(48)51)55-20-23-7-24(9-27(50)8-23)21-56-39-15-31-29(13-37(39)54-6)41(52)49-19-33-35(47(4)22-45-33)11-26(49)17-44-31/h7-9,12-17,22,25-26,50H,1,10-11,18-21H2,2-6H3/t25-,26-/m0/s1. The maximum absolute atomic E-state index is 13.8. The van der Waals surface area contributed by atoms with Crippen LogP contribution in [0.3, 0.4) is 0 Å². The highest BCUT2D eigenvalue weighted by molar-refractivity contribution is 6.04. The van der Waals surface area contributed by atoms with Crippen molar-refractivity contribution in [2.24, 2.45) is 22.0 Å². The average molecular weight is 759 g/mol. The predicted molar refractivity (Wildman–Crippen MR) is 209 cm³/mol. The topological polar surface area (TPSA) is 156 Å². The Kier molecular flexibility index (Phi) is 9.44. The summed E-state index contributed by atoms with van der Waals surface area (Å²) in [6, 6.07) is 11.3. The van der Waals surface area contributed by atoms with Crippen LogP contribution in [0, 0.1) is 0 Å². The number of rotatable bonds is 10. The molecular weight excluding hydrogens is 716 g/mol. The largest absolute Gasteiger partial charge is 0.508 e. The first-order chi connectivity index (χ1) is 27.0. The van der Waals surface area contributed by atoms with Gasteiger partial charge in [-0.05, 0) is 48.2 Å². The molecular formula is C41H42N8O7. The maximum atomic E-state index is 13.8. The van der Waals surface area contributed by atoms with Crippen LogP contribution in [0.2, 0.25) is 0 Å². The van der Waals surface area contributed by atoms with Crippen molar-refractivity contribution in [2.45, 2.75) is 44.7 Å². The van der Waals surface area contributed by atoms with Gasteiger partial charge in [-0.3, -0.25) is 24.6 Å². The van der Waals surface area contributed by atoms with Crippen molar-refractivity contribution in [3.8, 4) is 28.7 Å². The van der Waals surface area contributed by atoms with Crippen molar-refractivity contribution in [1.82, 2.24) is 24.3 Å². The number of methoxy groups -OCH3 is 2. The van der Waals surface area contributed by atoms with Gasteiger partial charge in [0, 0.05) is 69.9 Å². The summed E-state index contributed by atoms with van der Waals surface area (Å²) in [7, 11) is 8.88. The molecule has 1 aromatic heterocycles. The Morgan fingerprint density at radius 1 is 0.804 bits per heavy atom. The minimum Gasteiger partial charge on any atom is -0.508 e. The van der Waals surface area contributed by atoms with Crippen LogP contribution in [0.15, 0.2) is 75.2 Å². The third-order valence-electron chi connectivity index (χ3n) is 10.6. The van der Waals surface area contributed by atoms with Gasteiger partial charge in [0.25, 0.3) is 11.8 Å². The Morgan fingerprint density at radius 3 is 1.89 bits per heavy atom. The van der Waals surface area contributed by atoms with Gasteiger partial charge in [0.05, 0.1) is 79.6 Å². The number of hydrogen-bond acceptors (Lipinski definition) is 12. The number of nitrogens with zero attached hydrogens (tertiary/aromatic N) is 8. The molecule has 0 bridgehead atoms. The molecule has 0 spiro atoms. The Bertz CT molecular complexity index is 2360. The summed E-state index contributed by atoms with van der Waals surface area (Å²) in [6.07, 6.45) is 6.55. The van der Waals surface area contributed by atoms with Crippen molar-refractivity contribution in [3.05, 3.63) is 93.8 Å². The normalized spacial score (nSPS) is 18.2. The van der Waals surface area contributed by atoms with Gasteiger partial charge in [0.15, 0.2) is 23.0 Å². The van der Waals surface area contributed by atoms with Crippen molar-refractivity contribution < 1.29 is 33.6 Å². The number of phenols is 1. The fraction of sp³-hybridized carbons (Fsp3) is 0.317. The molecule has 0 saturated carbocycles. The first-order valence-corrected chi connectivity index (χ1v) is 18.1. The quantitative estimate of drug-likeness (QED) is 0.220. The fourth-order valence-corrected chi connectivity index (χ4v) is 7.65. The number of hydrogen-bond donors (Lipinski definition) is 1. The number of ether oxygens (including phenoxy) is 4. The molecule has 0 unspecified atom stereocenters. The highest BCUT2D eigenvalue weighted by Crippen LogP contribution is 2.41.